The first kappa shape index (κ1) is 32.1. The second-order valence-electron chi connectivity index (χ2n) is 9.98. The molecule has 0 aliphatic rings. The van der Waals surface area contributed by atoms with E-state index in [-0.39, 0.29) is 12.0 Å². The molecule has 11 heteroatoms. The molecule has 2 aromatic carbocycles. The summed E-state index contributed by atoms with van der Waals surface area (Å²) in [7, 11) is 5.90. The van der Waals surface area contributed by atoms with Crippen molar-refractivity contribution in [3.63, 3.8) is 0 Å². The van der Waals surface area contributed by atoms with E-state index in [1.54, 1.807) is 63.2 Å². The van der Waals surface area contributed by atoms with E-state index in [2.05, 4.69) is 5.32 Å². The molecule has 0 aliphatic heterocycles. The van der Waals surface area contributed by atoms with E-state index in [1.165, 1.54) is 40.0 Å². The number of hydrogen-bond acceptors (Lipinski definition) is 9. The van der Waals surface area contributed by atoms with Gasteiger partial charge in [-0.15, -0.1) is 0 Å². The minimum atomic E-state index is -1.94. The van der Waals surface area contributed by atoms with Gasteiger partial charge in [0.25, 0.3) is 5.91 Å². The minimum Gasteiger partial charge on any atom is -0.496 e. The van der Waals surface area contributed by atoms with Crippen LogP contribution in [0.5, 0.6) is 23.0 Å². The number of aliphatic hydroxyl groups excluding tert-OH is 1. The van der Waals surface area contributed by atoms with E-state index in [9.17, 15) is 19.5 Å². The predicted octanol–water partition coefficient (Wildman–Crippen LogP) is 2.72. The molecule has 0 heterocycles. The van der Waals surface area contributed by atoms with Crippen LogP contribution >= 0.6 is 0 Å². The van der Waals surface area contributed by atoms with Gasteiger partial charge in [-0.3, -0.25) is 19.6 Å². The monoisotopic (exact) mass is 558 g/mol. The molecule has 2 aromatic rings. The first-order chi connectivity index (χ1) is 18.9. The number of hydrogen-bond donors (Lipinski definition) is 4. The van der Waals surface area contributed by atoms with E-state index < -0.39 is 41.1 Å². The SMILES string of the molecule is COc1ccccc1C(=O)[C@@H](NC(=O)[C@H](/C=C/Cc1cc(OC)c(OC)c(OC)c1)[C@H](O)C(=O)NO)C(C)(C)C. The molecule has 4 N–H and O–H groups in total. The third kappa shape index (κ3) is 7.73. The molecule has 0 saturated heterocycles. The van der Waals surface area contributed by atoms with Crippen LogP contribution < -0.4 is 29.7 Å². The Labute approximate surface area is 234 Å². The van der Waals surface area contributed by atoms with E-state index in [1.807, 2.05) is 0 Å². The summed E-state index contributed by atoms with van der Waals surface area (Å²) >= 11 is 0. The number of ether oxygens (including phenoxy) is 4. The first-order valence-corrected chi connectivity index (χ1v) is 12.5. The molecule has 11 nitrogen and oxygen atoms in total. The van der Waals surface area contributed by atoms with Crippen molar-refractivity contribution in [2.75, 3.05) is 28.4 Å². The molecular formula is C29H38N2O9. The topological polar surface area (TPSA) is 153 Å². The maximum atomic E-state index is 13.5. The smallest absolute Gasteiger partial charge is 0.273 e. The fourth-order valence-corrected chi connectivity index (χ4v) is 4.09. The van der Waals surface area contributed by atoms with Crippen molar-refractivity contribution in [1.82, 2.24) is 10.8 Å². The highest BCUT2D eigenvalue weighted by Gasteiger charge is 2.38. The molecule has 0 aromatic heterocycles. The van der Waals surface area contributed by atoms with Crippen molar-refractivity contribution >= 4 is 17.6 Å². The minimum absolute atomic E-state index is 0.261. The molecule has 2 amide bonds. The Bertz CT molecular complexity index is 1200. The highest BCUT2D eigenvalue weighted by atomic mass is 16.5. The summed E-state index contributed by atoms with van der Waals surface area (Å²) in [5.41, 5.74) is 1.62. The van der Waals surface area contributed by atoms with Crippen LogP contribution in [0.4, 0.5) is 0 Å². The zero-order valence-corrected chi connectivity index (χ0v) is 23.8. The number of carbonyl (C=O) groups excluding carboxylic acids is 3. The van der Waals surface area contributed by atoms with Crippen LogP contribution in [-0.4, -0.2) is 68.5 Å². The number of amides is 2. The van der Waals surface area contributed by atoms with Gasteiger partial charge in [-0.1, -0.05) is 45.1 Å². The quantitative estimate of drug-likeness (QED) is 0.126. The maximum Gasteiger partial charge on any atom is 0.273 e. The van der Waals surface area contributed by atoms with Crippen LogP contribution in [0.25, 0.3) is 0 Å². The average Bonchev–Trinajstić information content (AvgIpc) is 2.95. The lowest BCUT2D eigenvalue weighted by atomic mass is 9.81. The molecule has 0 bridgehead atoms. The van der Waals surface area contributed by atoms with Crippen molar-refractivity contribution in [3.8, 4) is 23.0 Å². The molecule has 0 radical (unpaired) electrons. The van der Waals surface area contributed by atoms with E-state index >= 15 is 0 Å². The van der Waals surface area contributed by atoms with Crippen LogP contribution in [0, 0.1) is 11.3 Å². The lowest BCUT2D eigenvalue weighted by Crippen LogP contribution is -2.53. The summed E-state index contributed by atoms with van der Waals surface area (Å²) < 4.78 is 21.4. The number of ketones is 1. The Morgan fingerprint density at radius 2 is 1.48 bits per heavy atom. The van der Waals surface area contributed by atoms with Gasteiger partial charge in [0.05, 0.1) is 46.0 Å². The molecule has 218 valence electrons. The molecular weight excluding hydrogens is 520 g/mol. The van der Waals surface area contributed by atoms with Gasteiger partial charge < -0.3 is 29.4 Å². The molecule has 40 heavy (non-hydrogen) atoms. The lowest BCUT2D eigenvalue weighted by molar-refractivity contribution is -0.144. The lowest BCUT2D eigenvalue weighted by Gasteiger charge is -2.32. The number of hydroxylamine groups is 1. The summed E-state index contributed by atoms with van der Waals surface area (Å²) in [5.74, 6) is -2.19. The summed E-state index contributed by atoms with van der Waals surface area (Å²) in [6.07, 6.45) is 1.23. The summed E-state index contributed by atoms with van der Waals surface area (Å²) in [5, 5.41) is 22.4. The first-order valence-electron chi connectivity index (χ1n) is 12.5. The standard InChI is InChI=1S/C29H38N2O9/c1-29(2,3)26(23(32)18-12-8-9-14-20(18)37-4)30-27(34)19(24(33)28(35)31-36)13-10-11-17-15-21(38-5)25(40-7)22(16-17)39-6/h8-10,12-16,19,24,26,33,36H,11H2,1-7H3,(H,30,34)(H,31,35)/b13-10+/t19-,24+,26-/m1/s1. The van der Waals surface area contributed by atoms with Gasteiger partial charge in [0.2, 0.25) is 11.7 Å². The van der Waals surface area contributed by atoms with E-state index in [0.717, 1.165) is 5.56 Å². The van der Waals surface area contributed by atoms with Crippen LogP contribution in [0.15, 0.2) is 48.6 Å². The number of methoxy groups -OCH3 is 4. The van der Waals surface area contributed by atoms with E-state index in [4.69, 9.17) is 24.2 Å². The maximum absolute atomic E-state index is 13.5. The number of allylic oxidation sites excluding steroid dienone is 1. The number of aliphatic hydroxyl groups is 1. The Balaban J connectivity index is 2.40. The highest BCUT2D eigenvalue weighted by molar-refractivity contribution is 6.05. The van der Waals surface area contributed by atoms with Crippen molar-refractivity contribution in [2.45, 2.75) is 39.3 Å². The van der Waals surface area contributed by atoms with Crippen LogP contribution in [0.2, 0.25) is 0 Å². The number of Topliss-reactive ketones (excluding diaryl/α,β-unsaturated/α-hetero) is 1. The van der Waals surface area contributed by atoms with Gasteiger partial charge in [0, 0.05) is 0 Å². The Kier molecular flexibility index (Phi) is 11.5. The summed E-state index contributed by atoms with van der Waals surface area (Å²) in [6.45, 7) is 5.33. The largest absolute Gasteiger partial charge is 0.496 e. The average molecular weight is 559 g/mol. The number of nitrogens with one attached hydrogen (secondary N) is 2. The van der Waals surface area contributed by atoms with Gasteiger partial charge in [-0.25, -0.2) is 5.48 Å². The fourth-order valence-electron chi connectivity index (χ4n) is 4.09. The molecule has 2 rings (SSSR count). The molecule has 0 aliphatic carbocycles. The van der Waals surface area contributed by atoms with Gasteiger partial charge in [-0.05, 0) is 41.7 Å². The molecule has 0 spiro atoms. The number of carbonyl (C=O) groups is 3. The van der Waals surface area contributed by atoms with Crippen molar-refractivity contribution in [3.05, 3.63) is 59.7 Å². The van der Waals surface area contributed by atoms with Gasteiger partial charge in [0.15, 0.2) is 17.3 Å². The van der Waals surface area contributed by atoms with Gasteiger partial charge >= 0.3 is 0 Å². The van der Waals surface area contributed by atoms with Crippen LogP contribution in [0.3, 0.4) is 0 Å². The molecule has 3 atom stereocenters. The second-order valence-corrected chi connectivity index (χ2v) is 9.98. The zero-order chi connectivity index (χ0) is 30.0. The normalized spacial score (nSPS) is 13.6. The van der Waals surface area contributed by atoms with Crippen molar-refractivity contribution < 1.29 is 43.6 Å². The van der Waals surface area contributed by atoms with E-state index in [0.29, 0.717) is 23.0 Å². The van der Waals surface area contributed by atoms with Crippen LogP contribution in [0.1, 0.15) is 36.7 Å². The third-order valence-corrected chi connectivity index (χ3v) is 6.23. The number of benzene rings is 2. The summed E-state index contributed by atoms with van der Waals surface area (Å²) in [6, 6.07) is 9.04. The predicted molar refractivity (Wildman–Crippen MR) is 147 cm³/mol. The Morgan fingerprint density at radius 3 is 1.98 bits per heavy atom. The molecule has 0 fully saturated rings. The summed E-state index contributed by atoms with van der Waals surface area (Å²) in [4.78, 5) is 39.1. The molecule has 0 unspecified atom stereocenters. The highest BCUT2D eigenvalue weighted by Crippen LogP contribution is 2.38. The van der Waals surface area contributed by atoms with Gasteiger partial charge in [0.1, 0.15) is 11.9 Å². The third-order valence-electron chi connectivity index (χ3n) is 6.23. The van der Waals surface area contributed by atoms with Crippen LogP contribution in [-0.2, 0) is 16.0 Å². The fraction of sp³-hybridized carbons (Fsp3) is 0.414. The van der Waals surface area contributed by atoms with Crippen molar-refractivity contribution in [2.24, 2.45) is 11.3 Å². The second kappa shape index (κ2) is 14.3. The number of para-hydroxylation sites is 1. The Hall–Kier alpha value is -4.09. The Morgan fingerprint density at radius 1 is 0.900 bits per heavy atom. The van der Waals surface area contributed by atoms with Gasteiger partial charge in [-0.2, -0.15) is 0 Å². The van der Waals surface area contributed by atoms with Crippen molar-refractivity contribution in [1.29, 1.82) is 0 Å². The molecule has 0 saturated carbocycles. The zero-order valence-electron chi connectivity index (χ0n) is 23.8. The number of rotatable bonds is 13.